The zero-order valence-electron chi connectivity index (χ0n) is 46.3. The number of amides is 1. The molecule has 0 aliphatic heterocycles. The maximum atomic E-state index is 12.5. The zero-order valence-corrected chi connectivity index (χ0v) is 46.3. The van der Waals surface area contributed by atoms with Crippen molar-refractivity contribution < 1.29 is 24.5 Å². The molecule has 0 saturated carbocycles. The SMILES string of the molecule is CCCCCCCCC/C=C\CCCCCCCC(=O)OCCCCCCCCCCC/C=C\C/C=C\CCCCCCCCCC(=O)NC(CO)C(O)CCCCCCCCCCCCCCC. The minimum Gasteiger partial charge on any atom is -0.466 e. The summed E-state index contributed by atoms with van der Waals surface area (Å²) in [6, 6.07) is -0.549. The third kappa shape index (κ3) is 55.2. The number of hydrogen-bond acceptors (Lipinski definition) is 5. The molecular formula is C63H119NO5. The second-order valence-electron chi connectivity index (χ2n) is 21.0. The van der Waals surface area contributed by atoms with Crippen molar-refractivity contribution in [3.63, 3.8) is 0 Å². The van der Waals surface area contributed by atoms with E-state index in [1.807, 2.05) is 0 Å². The molecule has 0 aromatic carbocycles. The standard InChI is InChI=1S/C63H119NO5/c1-3-5-7-9-11-13-15-17-18-29-33-37-41-45-49-53-57-63(68)69-58-54-50-46-42-38-34-30-27-25-23-21-19-20-22-24-26-28-32-36-40-44-48-52-56-62(67)64-60(59-65)61(66)55-51-47-43-39-35-31-16-14-12-10-8-6-4-2/h18-19,21-22,24,29,60-61,65-66H,3-17,20,23,25-28,30-59H2,1-2H3,(H,64,67)/b21-19-,24-22-,29-18-. The molecule has 0 rings (SSSR count). The molecule has 0 aromatic rings. The number of hydrogen-bond donors (Lipinski definition) is 3. The van der Waals surface area contributed by atoms with Gasteiger partial charge in [-0.3, -0.25) is 9.59 Å². The molecule has 2 atom stereocenters. The van der Waals surface area contributed by atoms with Gasteiger partial charge in [0.15, 0.2) is 0 Å². The van der Waals surface area contributed by atoms with E-state index in [0.29, 0.717) is 25.9 Å². The van der Waals surface area contributed by atoms with E-state index < -0.39 is 12.1 Å². The van der Waals surface area contributed by atoms with Crippen molar-refractivity contribution in [2.75, 3.05) is 13.2 Å². The summed E-state index contributed by atoms with van der Waals surface area (Å²) in [5, 5.41) is 23.2. The first-order valence-electron chi connectivity index (χ1n) is 30.7. The molecule has 0 heterocycles. The van der Waals surface area contributed by atoms with Gasteiger partial charge in [-0.15, -0.1) is 0 Å². The molecule has 0 aliphatic rings. The predicted molar refractivity (Wildman–Crippen MR) is 301 cm³/mol. The van der Waals surface area contributed by atoms with Crippen molar-refractivity contribution in [2.45, 2.75) is 341 Å². The maximum Gasteiger partial charge on any atom is 0.305 e. The Kier molecular flexibility index (Phi) is 57.0. The summed E-state index contributed by atoms with van der Waals surface area (Å²) in [4.78, 5) is 24.5. The van der Waals surface area contributed by atoms with Crippen LogP contribution < -0.4 is 5.32 Å². The van der Waals surface area contributed by atoms with Crippen LogP contribution >= 0.6 is 0 Å². The van der Waals surface area contributed by atoms with Crippen molar-refractivity contribution >= 4 is 11.9 Å². The molecule has 1 amide bonds. The highest BCUT2D eigenvalue weighted by molar-refractivity contribution is 5.76. The van der Waals surface area contributed by atoms with E-state index in [-0.39, 0.29) is 18.5 Å². The number of ether oxygens (including phenoxy) is 1. The van der Waals surface area contributed by atoms with Crippen molar-refractivity contribution in [1.82, 2.24) is 5.32 Å². The first-order valence-corrected chi connectivity index (χ1v) is 30.7. The Hall–Kier alpha value is -1.92. The van der Waals surface area contributed by atoms with E-state index in [9.17, 15) is 19.8 Å². The monoisotopic (exact) mass is 970 g/mol. The zero-order chi connectivity index (χ0) is 50.0. The second kappa shape index (κ2) is 58.6. The van der Waals surface area contributed by atoms with Crippen molar-refractivity contribution in [1.29, 1.82) is 0 Å². The van der Waals surface area contributed by atoms with E-state index >= 15 is 0 Å². The van der Waals surface area contributed by atoms with Crippen molar-refractivity contribution in [2.24, 2.45) is 0 Å². The minimum absolute atomic E-state index is 0.000333. The molecule has 406 valence electrons. The topological polar surface area (TPSA) is 95.9 Å². The van der Waals surface area contributed by atoms with Gasteiger partial charge in [-0.1, -0.05) is 269 Å². The average Bonchev–Trinajstić information content (AvgIpc) is 3.35. The number of aliphatic hydroxyl groups excluding tert-OH is 2. The maximum absolute atomic E-state index is 12.5. The Bertz CT molecular complexity index is 1120. The van der Waals surface area contributed by atoms with Gasteiger partial charge in [0.05, 0.1) is 25.4 Å². The van der Waals surface area contributed by atoms with E-state index in [0.717, 1.165) is 57.8 Å². The van der Waals surface area contributed by atoms with Gasteiger partial charge in [0.1, 0.15) is 0 Å². The van der Waals surface area contributed by atoms with E-state index in [1.54, 1.807) is 0 Å². The molecule has 0 radical (unpaired) electrons. The smallest absolute Gasteiger partial charge is 0.305 e. The van der Waals surface area contributed by atoms with Crippen LogP contribution in [0.4, 0.5) is 0 Å². The lowest BCUT2D eigenvalue weighted by atomic mass is 10.0. The molecule has 69 heavy (non-hydrogen) atoms. The summed E-state index contributed by atoms with van der Waals surface area (Å²) < 4.78 is 5.48. The minimum atomic E-state index is -0.670. The Balaban J connectivity index is 3.44. The first kappa shape index (κ1) is 67.1. The van der Waals surface area contributed by atoms with Crippen LogP contribution in [0.15, 0.2) is 36.5 Å². The summed E-state index contributed by atoms with van der Waals surface area (Å²) in [6.07, 6.45) is 72.9. The Morgan fingerprint density at radius 2 is 0.725 bits per heavy atom. The Labute approximate surface area is 430 Å². The number of esters is 1. The Morgan fingerprint density at radius 1 is 0.406 bits per heavy atom. The van der Waals surface area contributed by atoms with Crippen LogP contribution in [0.2, 0.25) is 0 Å². The fraction of sp³-hybridized carbons (Fsp3) is 0.873. The summed E-state index contributed by atoms with van der Waals surface area (Å²) in [6.45, 7) is 4.94. The van der Waals surface area contributed by atoms with Crippen LogP contribution in [0.3, 0.4) is 0 Å². The predicted octanol–water partition coefficient (Wildman–Crippen LogP) is 19.2. The van der Waals surface area contributed by atoms with Gasteiger partial charge >= 0.3 is 5.97 Å². The number of rotatable bonds is 57. The molecule has 0 saturated heterocycles. The van der Waals surface area contributed by atoms with Gasteiger partial charge in [-0.05, 0) is 83.5 Å². The third-order valence-electron chi connectivity index (χ3n) is 14.2. The first-order chi connectivity index (χ1) is 34.0. The van der Waals surface area contributed by atoms with Gasteiger partial charge in [0.25, 0.3) is 0 Å². The lowest BCUT2D eigenvalue weighted by molar-refractivity contribution is -0.143. The summed E-state index contributed by atoms with van der Waals surface area (Å²) >= 11 is 0. The van der Waals surface area contributed by atoms with Crippen LogP contribution in [0, 0.1) is 0 Å². The van der Waals surface area contributed by atoms with Crippen LogP contribution in [-0.2, 0) is 14.3 Å². The van der Waals surface area contributed by atoms with Crippen molar-refractivity contribution in [3.8, 4) is 0 Å². The number of nitrogens with one attached hydrogen (secondary N) is 1. The van der Waals surface area contributed by atoms with Crippen LogP contribution in [0.5, 0.6) is 0 Å². The molecule has 0 aliphatic carbocycles. The highest BCUT2D eigenvalue weighted by Crippen LogP contribution is 2.17. The molecule has 3 N–H and O–H groups in total. The molecule has 6 heteroatoms. The van der Waals surface area contributed by atoms with E-state index in [4.69, 9.17) is 4.74 Å². The largest absolute Gasteiger partial charge is 0.466 e. The number of unbranched alkanes of at least 4 members (excludes halogenated alkanes) is 40. The summed E-state index contributed by atoms with van der Waals surface area (Å²) in [7, 11) is 0. The fourth-order valence-corrected chi connectivity index (χ4v) is 9.43. The third-order valence-corrected chi connectivity index (χ3v) is 14.2. The highest BCUT2D eigenvalue weighted by Gasteiger charge is 2.20. The fourth-order valence-electron chi connectivity index (χ4n) is 9.43. The van der Waals surface area contributed by atoms with Crippen LogP contribution in [0.1, 0.15) is 328 Å². The number of aliphatic hydroxyl groups is 2. The number of carbonyl (C=O) groups excluding carboxylic acids is 2. The van der Waals surface area contributed by atoms with E-state index in [1.165, 1.54) is 238 Å². The Morgan fingerprint density at radius 3 is 1.12 bits per heavy atom. The quantitative estimate of drug-likeness (QED) is 0.0321. The lowest BCUT2D eigenvalue weighted by Crippen LogP contribution is -2.45. The lowest BCUT2D eigenvalue weighted by Gasteiger charge is -2.22. The molecule has 0 spiro atoms. The van der Waals surface area contributed by atoms with Gasteiger partial charge < -0.3 is 20.3 Å². The van der Waals surface area contributed by atoms with E-state index in [2.05, 4.69) is 55.6 Å². The van der Waals surface area contributed by atoms with Gasteiger partial charge in [-0.25, -0.2) is 0 Å². The highest BCUT2D eigenvalue weighted by atomic mass is 16.5. The second-order valence-corrected chi connectivity index (χ2v) is 21.0. The number of carbonyl (C=O) groups is 2. The molecule has 2 unspecified atom stereocenters. The average molecular weight is 971 g/mol. The molecule has 6 nitrogen and oxygen atoms in total. The van der Waals surface area contributed by atoms with Gasteiger partial charge in [-0.2, -0.15) is 0 Å². The molecular weight excluding hydrogens is 851 g/mol. The van der Waals surface area contributed by atoms with Gasteiger partial charge in [0, 0.05) is 12.8 Å². The van der Waals surface area contributed by atoms with Crippen LogP contribution in [-0.4, -0.2) is 47.4 Å². The molecule has 0 aromatic heterocycles. The molecule has 0 fully saturated rings. The van der Waals surface area contributed by atoms with Crippen molar-refractivity contribution in [3.05, 3.63) is 36.5 Å². The number of allylic oxidation sites excluding steroid dienone is 6. The normalized spacial score (nSPS) is 12.8. The summed E-state index contributed by atoms with van der Waals surface area (Å²) in [5.74, 6) is -0.0455. The van der Waals surface area contributed by atoms with Gasteiger partial charge in [0.2, 0.25) is 5.91 Å². The molecule has 0 bridgehead atoms. The van der Waals surface area contributed by atoms with Crippen LogP contribution in [0.25, 0.3) is 0 Å². The summed E-state index contributed by atoms with van der Waals surface area (Å²) in [5.41, 5.74) is 0.